The molecule has 0 aromatic heterocycles. The highest BCUT2D eigenvalue weighted by Gasteiger charge is 2.31. The maximum absolute atomic E-state index is 12.7. The third kappa shape index (κ3) is 5.65. The second-order valence-electron chi connectivity index (χ2n) is 6.99. The van der Waals surface area contributed by atoms with Crippen LogP contribution in [0.3, 0.4) is 0 Å². The van der Waals surface area contributed by atoms with Gasteiger partial charge in [0.1, 0.15) is 0 Å². The molecule has 1 aliphatic rings. The van der Waals surface area contributed by atoms with Gasteiger partial charge in [-0.1, -0.05) is 34.1 Å². The van der Waals surface area contributed by atoms with E-state index in [4.69, 9.17) is 5.73 Å². The van der Waals surface area contributed by atoms with Crippen LogP contribution in [-0.4, -0.2) is 37.6 Å². The Morgan fingerprint density at radius 1 is 1.10 bits per heavy atom. The SMILES string of the molecule is NC(=O)c1cccc(NC(=O)C2CCN(S(=O)(=O)Cc3cccc(Br)c3)CC2)c1. The van der Waals surface area contributed by atoms with Gasteiger partial charge >= 0.3 is 0 Å². The molecule has 0 bridgehead atoms. The van der Waals surface area contributed by atoms with Crippen LogP contribution in [-0.2, 0) is 20.6 Å². The summed E-state index contributed by atoms with van der Waals surface area (Å²) in [6.45, 7) is 0.603. The topological polar surface area (TPSA) is 110 Å². The van der Waals surface area contributed by atoms with Crippen molar-refractivity contribution >= 4 is 43.5 Å². The number of nitrogens with one attached hydrogen (secondary N) is 1. The average molecular weight is 480 g/mol. The van der Waals surface area contributed by atoms with E-state index in [1.165, 1.54) is 10.4 Å². The zero-order valence-corrected chi connectivity index (χ0v) is 18.1. The van der Waals surface area contributed by atoms with Gasteiger partial charge < -0.3 is 11.1 Å². The maximum atomic E-state index is 12.7. The largest absolute Gasteiger partial charge is 0.366 e. The van der Waals surface area contributed by atoms with Crippen molar-refractivity contribution in [3.8, 4) is 0 Å². The van der Waals surface area contributed by atoms with E-state index in [9.17, 15) is 18.0 Å². The van der Waals surface area contributed by atoms with Gasteiger partial charge in [-0.2, -0.15) is 0 Å². The molecule has 1 saturated heterocycles. The number of anilines is 1. The van der Waals surface area contributed by atoms with E-state index >= 15 is 0 Å². The van der Waals surface area contributed by atoms with E-state index in [-0.39, 0.29) is 17.6 Å². The fraction of sp³-hybridized carbons (Fsp3) is 0.300. The van der Waals surface area contributed by atoms with Crippen LogP contribution in [0.2, 0.25) is 0 Å². The van der Waals surface area contributed by atoms with Gasteiger partial charge in [-0.15, -0.1) is 0 Å². The Balaban J connectivity index is 1.57. The standard InChI is InChI=1S/C20H22BrN3O4S/c21-17-5-1-3-14(11-17)13-29(27,28)24-9-7-15(8-10-24)20(26)23-18-6-2-4-16(12-18)19(22)25/h1-6,11-12,15H,7-10,13H2,(H2,22,25)(H,23,26). The number of nitrogens with two attached hydrogens (primary N) is 1. The summed E-state index contributed by atoms with van der Waals surface area (Å²) in [5.41, 5.74) is 6.79. The monoisotopic (exact) mass is 479 g/mol. The number of piperidine rings is 1. The molecule has 1 heterocycles. The minimum Gasteiger partial charge on any atom is -0.366 e. The third-order valence-corrected chi connectivity index (χ3v) is 7.21. The molecule has 2 aromatic carbocycles. The molecular formula is C20H22BrN3O4S. The lowest BCUT2D eigenvalue weighted by atomic mass is 9.97. The van der Waals surface area contributed by atoms with Crippen LogP contribution in [0.4, 0.5) is 5.69 Å². The Labute approximate surface area is 178 Å². The lowest BCUT2D eigenvalue weighted by molar-refractivity contribution is -0.120. The molecule has 0 radical (unpaired) electrons. The van der Waals surface area contributed by atoms with Crippen LogP contribution in [0.5, 0.6) is 0 Å². The van der Waals surface area contributed by atoms with E-state index in [2.05, 4.69) is 21.2 Å². The predicted molar refractivity (Wildman–Crippen MR) is 115 cm³/mol. The van der Waals surface area contributed by atoms with E-state index in [1.807, 2.05) is 6.07 Å². The minimum absolute atomic E-state index is 0.0663. The van der Waals surface area contributed by atoms with Gasteiger partial charge in [0.15, 0.2) is 0 Å². The molecule has 3 rings (SSSR count). The number of halogens is 1. The quantitative estimate of drug-likeness (QED) is 0.663. The zero-order chi connectivity index (χ0) is 21.0. The third-order valence-electron chi connectivity index (χ3n) is 4.87. The Bertz CT molecular complexity index is 1020. The highest BCUT2D eigenvalue weighted by atomic mass is 79.9. The molecule has 3 N–H and O–H groups in total. The summed E-state index contributed by atoms with van der Waals surface area (Å²) >= 11 is 3.35. The molecule has 0 spiro atoms. The van der Waals surface area contributed by atoms with Crippen LogP contribution in [0.25, 0.3) is 0 Å². The number of rotatable bonds is 6. The first-order valence-corrected chi connectivity index (χ1v) is 11.6. The van der Waals surface area contributed by atoms with Crippen LogP contribution in [0.15, 0.2) is 53.0 Å². The predicted octanol–water partition coefficient (Wildman–Crippen LogP) is 2.73. The summed E-state index contributed by atoms with van der Waals surface area (Å²) < 4.78 is 27.7. The van der Waals surface area contributed by atoms with Gasteiger partial charge in [-0.25, -0.2) is 12.7 Å². The molecule has 2 amide bonds. The van der Waals surface area contributed by atoms with E-state index in [1.54, 1.807) is 36.4 Å². The second-order valence-corrected chi connectivity index (χ2v) is 9.88. The Morgan fingerprint density at radius 2 is 1.79 bits per heavy atom. The lowest BCUT2D eigenvalue weighted by Gasteiger charge is -2.30. The molecule has 1 fully saturated rings. The van der Waals surface area contributed by atoms with Crippen molar-refractivity contribution in [2.24, 2.45) is 11.7 Å². The molecule has 1 aliphatic heterocycles. The first-order chi connectivity index (χ1) is 13.7. The van der Waals surface area contributed by atoms with Gasteiger partial charge in [0.25, 0.3) is 0 Å². The maximum Gasteiger partial charge on any atom is 0.248 e. The fourth-order valence-electron chi connectivity index (χ4n) is 3.32. The summed E-state index contributed by atoms with van der Waals surface area (Å²) in [5.74, 6) is -1.10. The number of hydrogen-bond donors (Lipinski definition) is 2. The molecule has 9 heteroatoms. The summed E-state index contributed by atoms with van der Waals surface area (Å²) in [5, 5.41) is 2.79. The zero-order valence-electron chi connectivity index (χ0n) is 15.7. The van der Waals surface area contributed by atoms with Gasteiger partial charge in [0.05, 0.1) is 5.75 Å². The Hall–Kier alpha value is -2.23. The van der Waals surface area contributed by atoms with Crippen LogP contribution >= 0.6 is 15.9 Å². The van der Waals surface area contributed by atoms with Crippen molar-refractivity contribution in [1.82, 2.24) is 4.31 Å². The molecule has 0 atom stereocenters. The first-order valence-electron chi connectivity index (χ1n) is 9.17. The molecule has 29 heavy (non-hydrogen) atoms. The van der Waals surface area contributed by atoms with Crippen LogP contribution < -0.4 is 11.1 Å². The van der Waals surface area contributed by atoms with Crippen LogP contribution in [0.1, 0.15) is 28.8 Å². The normalized spacial score (nSPS) is 15.8. The number of hydrogen-bond acceptors (Lipinski definition) is 4. The minimum atomic E-state index is -3.45. The Kier molecular flexibility index (Phi) is 6.71. The van der Waals surface area contributed by atoms with Crippen molar-refractivity contribution < 1.29 is 18.0 Å². The van der Waals surface area contributed by atoms with Gasteiger partial charge in [-0.3, -0.25) is 9.59 Å². The van der Waals surface area contributed by atoms with Crippen molar-refractivity contribution in [1.29, 1.82) is 0 Å². The summed E-state index contributed by atoms with van der Waals surface area (Å²) in [7, 11) is -3.45. The summed E-state index contributed by atoms with van der Waals surface area (Å²) in [6.07, 6.45) is 0.887. The number of amides is 2. The highest BCUT2D eigenvalue weighted by Crippen LogP contribution is 2.24. The number of sulfonamides is 1. The second kappa shape index (κ2) is 9.06. The number of carbonyl (C=O) groups excluding carboxylic acids is 2. The molecule has 0 unspecified atom stereocenters. The van der Waals surface area contributed by atoms with Gasteiger partial charge in [0.2, 0.25) is 21.8 Å². The smallest absolute Gasteiger partial charge is 0.248 e. The average Bonchev–Trinajstić information content (AvgIpc) is 2.68. The number of carbonyl (C=O) groups is 2. The molecule has 0 saturated carbocycles. The molecule has 154 valence electrons. The van der Waals surface area contributed by atoms with Crippen molar-refractivity contribution in [2.45, 2.75) is 18.6 Å². The lowest BCUT2D eigenvalue weighted by Crippen LogP contribution is -2.41. The summed E-state index contributed by atoms with van der Waals surface area (Å²) in [6, 6.07) is 13.7. The highest BCUT2D eigenvalue weighted by molar-refractivity contribution is 9.10. The van der Waals surface area contributed by atoms with Crippen LogP contribution in [0, 0.1) is 5.92 Å². The number of benzene rings is 2. The van der Waals surface area contributed by atoms with Crippen molar-refractivity contribution in [3.63, 3.8) is 0 Å². The van der Waals surface area contributed by atoms with Crippen molar-refractivity contribution in [2.75, 3.05) is 18.4 Å². The molecule has 2 aromatic rings. The fourth-order valence-corrected chi connectivity index (χ4v) is 5.32. The molecule has 0 aliphatic carbocycles. The molecule has 7 nitrogen and oxygen atoms in total. The first kappa shape index (κ1) is 21.5. The van der Waals surface area contributed by atoms with Gasteiger partial charge in [0, 0.05) is 34.7 Å². The van der Waals surface area contributed by atoms with E-state index in [0.29, 0.717) is 42.7 Å². The van der Waals surface area contributed by atoms with Crippen molar-refractivity contribution in [3.05, 3.63) is 64.1 Å². The van der Waals surface area contributed by atoms with Gasteiger partial charge in [-0.05, 0) is 48.7 Å². The Morgan fingerprint density at radius 3 is 2.45 bits per heavy atom. The van der Waals surface area contributed by atoms with E-state index in [0.717, 1.165) is 4.47 Å². The number of nitrogens with zero attached hydrogens (tertiary/aromatic N) is 1. The molecular weight excluding hydrogens is 458 g/mol. The summed E-state index contributed by atoms with van der Waals surface area (Å²) in [4.78, 5) is 23.8. The number of primary amides is 1. The van der Waals surface area contributed by atoms with E-state index < -0.39 is 15.9 Å².